The number of azide groups is 1. The van der Waals surface area contributed by atoms with Gasteiger partial charge in [0.1, 0.15) is 0 Å². The summed E-state index contributed by atoms with van der Waals surface area (Å²) in [5.74, 6) is 0. The van der Waals surface area contributed by atoms with Crippen LogP contribution in [0, 0.1) is 6.54 Å². The first kappa shape index (κ1) is 9.56. The largest absolute Gasteiger partial charge is 3.00 e. The molecule has 0 aromatic heterocycles. The molecule has 4 heteroatoms. The van der Waals surface area contributed by atoms with Crippen LogP contribution in [0.2, 0.25) is 0 Å². The summed E-state index contributed by atoms with van der Waals surface area (Å²) in [5.41, 5.74) is 7.49. The monoisotopic (exact) mass is 159 g/mol. The van der Waals surface area contributed by atoms with E-state index in [1.54, 1.807) is 6.92 Å². The summed E-state index contributed by atoms with van der Waals surface area (Å²) in [6.45, 7) is 3.06. The predicted molar refractivity (Wildman–Crippen MR) is 19.1 cm³/mol. The Hall–Kier alpha value is 0.284. The second kappa shape index (κ2) is 8.99. The molecule has 0 aromatic carbocycles. The van der Waals surface area contributed by atoms with Gasteiger partial charge in [-0.2, -0.15) is 6.92 Å². The van der Waals surface area contributed by atoms with Gasteiger partial charge in [0.2, 0.25) is 0 Å². The summed E-state index contributed by atoms with van der Waals surface area (Å²) in [6, 6.07) is 0. The second-order valence-electron chi connectivity index (χ2n) is 0.463. The van der Waals surface area contributed by atoms with Crippen molar-refractivity contribution in [2.24, 2.45) is 5.11 Å². The zero-order valence-electron chi connectivity index (χ0n) is 3.50. The molecule has 0 aliphatic carbocycles. The van der Waals surface area contributed by atoms with Crippen molar-refractivity contribution in [2.45, 2.75) is 6.92 Å². The van der Waals surface area contributed by atoms with Gasteiger partial charge in [-0.25, -0.2) is 0 Å². The maximum atomic E-state index is 7.49. The third-order valence-corrected chi connectivity index (χ3v) is 0.167. The molecule has 0 aliphatic heterocycles. The molecule has 0 saturated heterocycles. The molecule has 0 atom stereocenters. The quantitative estimate of drug-likeness (QED) is 0.241. The maximum absolute atomic E-state index is 7.49. The van der Waals surface area contributed by atoms with Crippen LogP contribution in [0.15, 0.2) is 5.11 Å². The van der Waals surface area contributed by atoms with Crippen molar-refractivity contribution in [1.82, 2.24) is 0 Å². The van der Waals surface area contributed by atoms with Crippen molar-refractivity contribution in [3.63, 3.8) is 0 Å². The van der Waals surface area contributed by atoms with E-state index in [2.05, 4.69) is 10.0 Å². The van der Waals surface area contributed by atoms with Gasteiger partial charge < -0.3 is 6.54 Å². The average Bonchev–Trinajstić information content (AvgIpc) is 1.41. The Labute approximate surface area is 61.6 Å². The first-order valence-electron chi connectivity index (χ1n) is 1.24. The van der Waals surface area contributed by atoms with Gasteiger partial charge >= 0.3 is 32.7 Å². The van der Waals surface area contributed by atoms with Gasteiger partial charge in [-0.3, -0.25) is 5.11 Å². The Kier molecular flexibility index (Phi) is 14.3. The van der Waals surface area contributed by atoms with E-state index in [1.807, 2.05) is 0 Å². The van der Waals surface area contributed by atoms with E-state index in [4.69, 9.17) is 5.53 Å². The Morgan fingerprint density at radius 1 is 1.83 bits per heavy atom. The molecule has 0 heterocycles. The Morgan fingerprint density at radius 2 is 2.33 bits per heavy atom. The van der Waals surface area contributed by atoms with Gasteiger partial charge in [0, 0.05) is 0 Å². The van der Waals surface area contributed by atoms with E-state index in [0.717, 1.165) is 0 Å². The van der Waals surface area contributed by atoms with Crippen molar-refractivity contribution >= 4 is 0 Å². The summed E-state index contributed by atoms with van der Waals surface area (Å²) in [4.78, 5) is 2.42. The topological polar surface area (TPSA) is 48.8 Å². The number of nitrogens with zero attached hydrogens (tertiary/aromatic N) is 3. The number of hydrogen-bond donors (Lipinski definition) is 0. The fourth-order valence-electron chi connectivity index (χ4n) is 0.0516. The zero-order valence-corrected chi connectivity index (χ0v) is 6.33. The Bertz CT molecular complexity index is 55.8. The Balaban J connectivity index is 0. The van der Waals surface area contributed by atoms with Crippen LogP contribution in [0.3, 0.4) is 0 Å². The fraction of sp³-hybridized carbons (Fsp3) is 0.500. The number of rotatable bonds is 1. The van der Waals surface area contributed by atoms with E-state index in [1.165, 1.54) is 6.54 Å². The van der Waals surface area contributed by atoms with Crippen LogP contribution >= 0.6 is 0 Å². The van der Waals surface area contributed by atoms with Crippen molar-refractivity contribution in [3.05, 3.63) is 17.0 Å². The minimum Gasteiger partial charge on any atom is -0.319 e. The third kappa shape index (κ3) is 8.86. The van der Waals surface area contributed by atoms with Crippen LogP contribution in [-0.2, 0) is 32.7 Å². The molecule has 6 heavy (non-hydrogen) atoms. The van der Waals surface area contributed by atoms with Gasteiger partial charge in [-0.05, 0) is 10.4 Å². The average molecular weight is 159 g/mol. The van der Waals surface area contributed by atoms with E-state index in [-0.39, 0.29) is 32.7 Å². The van der Waals surface area contributed by atoms with Gasteiger partial charge in [0.05, 0.1) is 0 Å². The molecular weight excluding hydrogens is 155 g/mol. The van der Waals surface area contributed by atoms with E-state index < -0.39 is 0 Å². The third-order valence-electron chi connectivity index (χ3n) is 0.167. The molecule has 0 fully saturated rings. The van der Waals surface area contributed by atoms with Crippen molar-refractivity contribution in [3.8, 4) is 0 Å². The first-order valence-corrected chi connectivity index (χ1v) is 1.24. The van der Waals surface area contributed by atoms with E-state index in [9.17, 15) is 0 Å². The summed E-state index contributed by atoms with van der Waals surface area (Å²) in [5, 5.41) is 3.03. The van der Waals surface area contributed by atoms with Gasteiger partial charge in [-0.15, -0.1) is 0 Å². The smallest absolute Gasteiger partial charge is 0.319 e. The molecule has 0 aromatic rings. The molecular formula is C2H4N3Y+2. The molecule has 0 saturated carbocycles. The minimum absolute atomic E-state index is 0. The van der Waals surface area contributed by atoms with Gasteiger partial charge in [0.25, 0.3) is 0 Å². The zero-order chi connectivity index (χ0) is 4.12. The molecule has 0 spiro atoms. The molecule has 0 unspecified atom stereocenters. The molecule has 0 radical (unpaired) electrons. The molecule has 0 amide bonds. The summed E-state index contributed by atoms with van der Waals surface area (Å²) >= 11 is 0. The number of hydrogen-bond acceptors (Lipinski definition) is 1. The van der Waals surface area contributed by atoms with Crippen LogP contribution in [0.4, 0.5) is 0 Å². The summed E-state index contributed by atoms with van der Waals surface area (Å²) in [7, 11) is 0. The summed E-state index contributed by atoms with van der Waals surface area (Å²) in [6.07, 6.45) is 0. The molecule has 0 rings (SSSR count). The van der Waals surface area contributed by atoms with Crippen molar-refractivity contribution < 1.29 is 32.7 Å². The van der Waals surface area contributed by atoms with Crippen LogP contribution < -0.4 is 0 Å². The summed E-state index contributed by atoms with van der Waals surface area (Å²) < 4.78 is 0. The minimum atomic E-state index is 0. The maximum Gasteiger partial charge on any atom is 3.00 e. The van der Waals surface area contributed by atoms with Gasteiger partial charge in [0.15, 0.2) is 0 Å². The van der Waals surface area contributed by atoms with Crippen LogP contribution in [0.5, 0.6) is 0 Å². The molecule has 0 bridgehead atoms. The molecule has 0 aliphatic rings. The Morgan fingerprint density at radius 3 is 2.33 bits per heavy atom. The first-order chi connectivity index (χ1) is 2.41. The SMILES string of the molecule is C[CH-]N=[N+]=[N-].[Y+3]. The molecule has 3 nitrogen and oxygen atoms in total. The normalized spacial score (nSPS) is 4.17. The second-order valence-corrected chi connectivity index (χ2v) is 0.463. The van der Waals surface area contributed by atoms with Crippen molar-refractivity contribution in [1.29, 1.82) is 0 Å². The van der Waals surface area contributed by atoms with Crippen LogP contribution in [-0.4, -0.2) is 0 Å². The molecule has 28 valence electrons. The fourth-order valence-corrected chi connectivity index (χ4v) is 0.0516. The van der Waals surface area contributed by atoms with E-state index >= 15 is 0 Å². The van der Waals surface area contributed by atoms with E-state index in [0.29, 0.717) is 0 Å². The molecule has 0 N–H and O–H groups in total. The predicted octanol–water partition coefficient (Wildman–Crippen LogP) is 1.48. The standard InChI is InChI=1S/C2H4N3.Y/c1-2-4-5-3;/h2H,1H3;/q-1;+3. The van der Waals surface area contributed by atoms with Crippen molar-refractivity contribution in [2.75, 3.05) is 0 Å². The van der Waals surface area contributed by atoms with Gasteiger partial charge in [-0.1, -0.05) is 0 Å². The van der Waals surface area contributed by atoms with Crippen LogP contribution in [0.1, 0.15) is 6.92 Å². The van der Waals surface area contributed by atoms with Crippen LogP contribution in [0.25, 0.3) is 10.4 Å².